The van der Waals surface area contributed by atoms with Crippen LogP contribution in [0.25, 0.3) is 133 Å². The van der Waals surface area contributed by atoms with Gasteiger partial charge in [-0.05, 0) is 76.9 Å². The van der Waals surface area contributed by atoms with Gasteiger partial charge in [0.2, 0.25) is 0 Å². The van der Waals surface area contributed by atoms with Gasteiger partial charge in [0.15, 0.2) is 23.1 Å². The molecule has 0 spiro atoms. The fourth-order valence-corrected chi connectivity index (χ4v) is 10.4. The highest BCUT2D eigenvalue weighted by Crippen LogP contribution is 2.44. The molecule has 14 rings (SSSR count). The molecule has 14 aromatic rings. The molecule has 6 heteroatoms. The van der Waals surface area contributed by atoms with Crippen molar-refractivity contribution in [1.82, 2.24) is 24.1 Å². The third kappa shape index (κ3) is 6.30. The van der Waals surface area contributed by atoms with Crippen LogP contribution in [0.3, 0.4) is 0 Å². The predicted octanol–water partition coefficient (Wildman–Crippen LogP) is 16.3. The van der Waals surface area contributed by atoms with Crippen molar-refractivity contribution in [3.8, 4) is 67.8 Å². The van der Waals surface area contributed by atoms with Crippen molar-refractivity contribution >= 4 is 65.6 Å². The first-order valence-electron chi connectivity index (χ1n) is 23.3. The fraction of sp³-hybridized carbons (Fsp3) is 0. The minimum Gasteiger partial charge on any atom is -0.454 e. The largest absolute Gasteiger partial charge is 0.454 e. The molecule has 0 aliphatic heterocycles. The van der Waals surface area contributed by atoms with Crippen LogP contribution in [0.4, 0.5) is 0 Å². The van der Waals surface area contributed by atoms with E-state index in [1.807, 2.05) is 36.4 Å². The smallest absolute Gasteiger partial charge is 0.164 e. The van der Waals surface area contributed by atoms with Crippen LogP contribution in [0.2, 0.25) is 0 Å². The van der Waals surface area contributed by atoms with E-state index in [1.165, 1.54) is 21.9 Å². The van der Waals surface area contributed by atoms with E-state index in [4.69, 9.17) is 19.4 Å². The van der Waals surface area contributed by atoms with Gasteiger partial charge in [-0.25, -0.2) is 15.0 Å². The summed E-state index contributed by atoms with van der Waals surface area (Å²) < 4.78 is 11.8. The lowest BCUT2D eigenvalue weighted by molar-refractivity contribution is 0.666. The molecule has 0 amide bonds. The van der Waals surface area contributed by atoms with Crippen molar-refractivity contribution < 1.29 is 4.42 Å². The second-order valence-electron chi connectivity index (χ2n) is 17.6. The molecule has 0 atom stereocenters. The summed E-state index contributed by atoms with van der Waals surface area (Å²) >= 11 is 0. The summed E-state index contributed by atoms with van der Waals surface area (Å²) in [7, 11) is 0. The Morgan fingerprint density at radius 2 is 0.812 bits per heavy atom. The average Bonchev–Trinajstić information content (AvgIpc) is 4.09. The maximum Gasteiger partial charge on any atom is 0.164 e. The van der Waals surface area contributed by atoms with Crippen molar-refractivity contribution in [1.29, 1.82) is 0 Å². The van der Waals surface area contributed by atoms with Crippen LogP contribution in [-0.2, 0) is 0 Å². The van der Waals surface area contributed by atoms with Crippen molar-refractivity contribution in [3.05, 3.63) is 237 Å². The molecular formula is C63H39N5O. The van der Waals surface area contributed by atoms with E-state index in [9.17, 15) is 0 Å². The van der Waals surface area contributed by atoms with Gasteiger partial charge in [0, 0.05) is 49.3 Å². The first-order valence-corrected chi connectivity index (χ1v) is 23.3. The Hall–Kier alpha value is -9.39. The van der Waals surface area contributed by atoms with Gasteiger partial charge in [0.05, 0.1) is 33.1 Å². The lowest BCUT2D eigenvalue weighted by Gasteiger charge is -2.11. The first-order chi connectivity index (χ1) is 34.2. The van der Waals surface area contributed by atoms with E-state index in [1.54, 1.807) is 0 Å². The Morgan fingerprint density at radius 1 is 0.304 bits per heavy atom. The zero-order valence-corrected chi connectivity index (χ0v) is 37.2. The number of nitrogens with zero attached hydrogens (tertiary/aromatic N) is 5. The molecule has 0 radical (unpaired) electrons. The molecule has 4 aromatic heterocycles. The number of rotatable bonds is 7. The minimum absolute atomic E-state index is 0.600. The molecular weight excluding hydrogens is 843 g/mol. The van der Waals surface area contributed by atoms with Crippen LogP contribution in [-0.4, -0.2) is 24.1 Å². The SMILES string of the molecule is c1ccc(-c2ccc(-c3nc(-c4ccccc4)nc(-c4ccc5c6ccc7oc8c(-n9c%10ccccc%10c%10cc(-c%11ccccc%11)ccc%109)cccc8c7c6n(-c6ccccc6)c5c4)n3)cc2)cc1. The Labute approximate surface area is 396 Å². The van der Waals surface area contributed by atoms with E-state index < -0.39 is 0 Å². The number of para-hydroxylation sites is 3. The standard InChI is InChI=1S/C63H39N5O/c1-5-16-40(17-6-1)42-28-30-44(31-29-42)62-64-61(43-20-9-3-10-21-43)65-63(66-62)46-32-34-49-50-35-37-57-58(59(50)67(56(49)39-46)47-22-11-4-12-23-47)51-25-15-27-55(60(51)69-57)68-53-26-14-13-24-48(53)52-38-45(33-36-54(52)68)41-18-7-2-8-19-41/h1-39H. The van der Waals surface area contributed by atoms with Gasteiger partial charge in [-0.2, -0.15) is 0 Å². The molecule has 0 bridgehead atoms. The summed E-state index contributed by atoms with van der Waals surface area (Å²) in [5.74, 6) is 1.83. The van der Waals surface area contributed by atoms with Crippen LogP contribution >= 0.6 is 0 Å². The molecule has 0 fully saturated rings. The maximum absolute atomic E-state index is 7.07. The second-order valence-corrected chi connectivity index (χ2v) is 17.6. The van der Waals surface area contributed by atoms with Gasteiger partial charge in [0.25, 0.3) is 0 Å². The molecule has 0 unspecified atom stereocenters. The molecule has 4 heterocycles. The quantitative estimate of drug-likeness (QED) is 0.160. The highest BCUT2D eigenvalue weighted by molar-refractivity contribution is 6.25. The maximum atomic E-state index is 7.07. The third-order valence-corrected chi connectivity index (χ3v) is 13.6. The van der Waals surface area contributed by atoms with Crippen LogP contribution < -0.4 is 0 Å². The van der Waals surface area contributed by atoms with E-state index in [2.05, 4.69) is 209 Å². The van der Waals surface area contributed by atoms with Gasteiger partial charge < -0.3 is 13.6 Å². The topological polar surface area (TPSA) is 61.7 Å². The van der Waals surface area contributed by atoms with Crippen LogP contribution in [0.15, 0.2) is 241 Å². The van der Waals surface area contributed by atoms with Gasteiger partial charge in [0.1, 0.15) is 5.58 Å². The lowest BCUT2D eigenvalue weighted by Crippen LogP contribution is -2.00. The van der Waals surface area contributed by atoms with Crippen LogP contribution in [0.1, 0.15) is 0 Å². The third-order valence-electron chi connectivity index (χ3n) is 13.6. The number of hydrogen-bond acceptors (Lipinski definition) is 4. The molecule has 0 saturated heterocycles. The van der Waals surface area contributed by atoms with Gasteiger partial charge in [-0.3, -0.25) is 0 Å². The van der Waals surface area contributed by atoms with Crippen molar-refractivity contribution in [3.63, 3.8) is 0 Å². The molecule has 6 nitrogen and oxygen atoms in total. The Bertz CT molecular complexity index is 4270. The fourth-order valence-electron chi connectivity index (χ4n) is 10.4. The predicted molar refractivity (Wildman–Crippen MR) is 283 cm³/mol. The average molecular weight is 882 g/mol. The molecule has 322 valence electrons. The monoisotopic (exact) mass is 881 g/mol. The van der Waals surface area contributed by atoms with Gasteiger partial charge >= 0.3 is 0 Å². The molecule has 10 aromatic carbocycles. The molecule has 0 aliphatic carbocycles. The van der Waals surface area contributed by atoms with E-state index in [-0.39, 0.29) is 0 Å². The van der Waals surface area contributed by atoms with Crippen molar-refractivity contribution in [2.45, 2.75) is 0 Å². The number of hydrogen-bond donors (Lipinski definition) is 0. The number of furan rings is 1. The first kappa shape index (κ1) is 38.8. The molecule has 0 aliphatic rings. The Balaban J connectivity index is 0.977. The number of fused-ring (bicyclic) bond motifs is 10. The van der Waals surface area contributed by atoms with Gasteiger partial charge in [-0.1, -0.05) is 182 Å². The Morgan fingerprint density at radius 3 is 1.54 bits per heavy atom. The molecule has 0 N–H and O–H groups in total. The van der Waals surface area contributed by atoms with E-state index in [0.29, 0.717) is 17.5 Å². The van der Waals surface area contributed by atoms with Gasteiger partial charge in [-0.15, -0.1) is 0 Å². The van der Waals surface area contributed by atoms with Crippen LogP contribution in [0.5, 0.6) is 0 Å². The summed E-state index contributed by atoms with van der Waals surface area (Å²) in [6.45, 7) is 0. The van der Waals surface area contributed by atoms with E-state index >= 15 is 0 Å². The van der Waals surface area contributed by atoms with Crippen molar-refractivity contribution in [2.24, 2.45) is 0 Å². The van der Waals surface area contributed by atoms with E-state index in [0.717, 1.165) is 94.0 Å². The highest BCUT2D eigenvalue weighted by atomic mass is 16.3. The lowest BCUT2D eigenvalue weighted by atomic mass is 10.0. The summed E-state index contributed by atoms with van der Waals surface area (Å²) in [6, 6.07) is 83.2. The highest BCUT2D eigenvalue weighted by Gasteiger charge is 2.23. The molecule has 0 saturated carbocycles. The van der Waals surface area contributed by atoms with Crippen LogP contribution in [0, 0.1) is 0 Å². The summed E-state index contributed by atoms with van der Waals surface area (Å²) in [5, 5.41) is 6.76. The van der Waals surface area contributed by atoms with Crippen molar-refractivity contribution in [2.75, 3.05) is 0 Å². The summed E-state index contributed by atoms with van der Waals surface area (Å²) in [5.41, 5.74) is 15.5. The normalized spacial score (nSPS) is 11.8. The summed E-state index contributed by atoms with van der Waals surface area (Å²) in [4.78, 5) is 15.4. The zero-order valence-electron chi connectivity index (χ0n) is 37.2. The number of benzene rings is 10. The second kappa shape index (κ2) is 15.6. The molecule has 69 heavy (non-hydrogen) atoms. The number of aromatic nitrogens is 5. The minimum atomic E-state index is 0.600. The zero-order chi connectivity index (χ0) is 45.4. The summed E-state index contributed by atoms with van der Waals surface area (Å²) in [6.07, 6.45) is 0. The Kier molecular flexibility index (Phi) is 8.79.